The summed E-state index contributed by atoms with van der Waals surface area (Å²) in [6, 6.07) is 3.60. The highest BCUT2D eigenvalue weighted by Gasteiger charge is 2.45. The second-order valence-corrected chi connectivity index (χ2v) is 9.21. The number of nitrogens with zero attached hydrogens (tertiary/aromatic N) is 3. The van der Waals surface area contributed by atoms with E-state index < -0.39 is 0 Å². The lowest BCUT2D eigenvalue weighted by molar-refractivity contribution is 0.0664. The number of likely N-dealkylation sites (tertiary alicyclic amines) is 1. The van der Waals surface area contributed by atoms with Gasteiger partial charge in [0.2, 0.25) is 0 Å². The highest BCUT2D eigenvalue weighted by molar-refractivity contribution is 5.98. The first-order chi connectivity index (χ1) is 13.7. The second-order valence-electron chi connectivity index (χ2n) is 9.21. The molecule has 4 rings (SSSR count). The lowest BCUT2D eigenvalue weighted by atomic mass is 9.76. The van der Waals surface area contributed by atoms with Gasteiger partial charge in [-0.05, 0) is 37.8 Å². The molecule has 29 heavy (non-hydrogen) atoms. The molecule has 1 amide bonds. The van der Waals surface area contributed by atoms with E-state index in [0.717, 1.165) is 42.8 Å². The summed E-state index contributed by atoms with van der Waals surface area (Å²) in [5, 5.41) is 3.00. The molecule has 3 heterocycles. The van der Waals surface area contributed by atoms with Crippen LogP contribution in [0.25, 0.3) is 0 Å². The number of hydrogen-bond donors (Lipinski definition) is 2. The lowest BCUT2D eigenvalue weighted by Gasteiger charge is -2.39. The number of anilines is 1. The number of fused-ring (bicyclic) bond motifs is 2. The van der Waals surface area contributed by atoms with E-state index in [1.807, 2.05) is 11.0 Å². The molecule has 7 heteroatoms. The number of H-pyrrole nitrogens is 1. The number of hydrogen-bond acceptors (Lipinski definition) is 5. The fourth-order valence-electron chi connectivity index (χ4n) is 4.58. The van der Waals surface area contributed by atoms with Crippen LogP contribution >= 0.6 is 0 Å². The van der Waals surface area contributed by atoms with Crippen LogP contribution in [0.2, 0.25) is 0 Å². The minimum Gasteiger partial charge on any atom is -0.372 e. The van der Waals surface area contributed by atoms with E-state index >= 15 is 0 Å². The Bertz CT molecular complexity index is 997. The summed E-state index contributed by atoms with van der Waals surface area (Å²) in [6.45, 7) is 7.51. The van der Waals surface area contributed by atoms with Crippen LogP contribution < -0.4 is 10.9 Å². The number of carbonyl (C=O) groups excluding carboxylic acids is 1. The van der Waals surface area contributed by atoms with Gasteiger partial charge in [-0.2, -0.15) is 0 Å². The summed E-state index contributed by atoms with van der Waals surface area (Å²) < 4.78 is 0. The van der Waals surface area contributed by atoms with Gasteiger partial charge in [-0.15, -0.1) is 0 Å². The molecule has 0 unspecified atom stereocenters. The maximum atomic E-state index is 13.0. The molecule has 0 saturated carbocycles. The average Bonchev–Trinajstić information content (AvgIpc) is 3.06. The Morgan fingerprint density at radius 3 is 2.62 bits per heavy atom. The minimum atomic E-state index is -0.210. The molecule has 2 aromatic heterocycles. The topological polar surface area (TPSA) is 91.0 Å². The van der Waals surface area contributed by atoms with Gasteiger partial charge in [0.15, 0.2) is 0 Å². The fraction of sp³-hybridized carbons (Fsp3) is 0.545. The van der Waals surface area contributed by atoms with Gasteiger partial charge in [-0.25, -0.2) is 9.97 Å². The molecule has 1 saturated heterocycles. The van der Waals surface area contributed by atoms with Crippen LogP contribution in [-0.2, 0) is 17.3 Å². The molecule has 7 nitrogen and oxygen atoms in total. The van der Waals surface area contributed by atoms with Crippen molar-refractivity contribution < 1.29 is 4.79 Å². The third-order valence-corrected chi connectivity index (χ3v) is 6.36. The van der Waals surface area contributed by atoms with Gasteiger partial charge in [0.05, 0.1) is 11.3 Å². The Morgan fingerprint density at radius 2 is 1.97 bits per heavy atom. The van der Waals surface area contributed by atoms with Crippen molar-refractivity contribution in [3.8, 4) is 0 Å². The maximum absolute atomic E-state index is 13.0. The maximum Gasteiger partial charge on any atom is 0.257 e. The van der Waals surface area contributed by atoms with Gasteiger partial charge in [0.1, 0.15) is 11.6 Å². The summed E-state index contributed by atoms with van der Waals surface area (Å²) >= 11 is 0. The first-order valence-corrected chi connectivity index (χ1v) is 10.3. The van der Waals surface area contributed by atoms with Crippen LogP contribution in [0.15, 0.2) is 23.1 Å². The zero-order valence-corrected chi connectivity index (χ0v) is 17.6. The summed E-state index contributed by atoms with van der Waals surface area (Å²) in [4.78, 5) is 39.8. The van der Waals surface area contributed by atoms with E-state index in [1.165, 1.54) is 0 Å². The number of carbonyl (C=O) groups is 1. The third-order valence-electron chi connectivity index (χ3n) is 6.36. The number of amides is 1. The minimum absolute atomic E-state index is 0.00401. The molecule has 0 radical (unpaired) electrons. The van der Waals surface area contributed by atoms with Crippen LogP contribution in [0.3, 0.4) is 0 Å². The SMILES string of the molecule is CNc1ncccc1C(=O)N1CCC2(CCc3c2nc(C(C)(C)C)[nH]c3=O)CC1. The van der Waals surface area contributed by atoms with E-state index in [2.05, 4.69) is 36.1 Å². The fourth-order valence-corrected chi connectivity index (χ4v) is 4.58. The Labute approximate surface area is 171 Å². The summed E-state index contributed by atoms with van der Waals surface area (Å²) in [6.07, 6.45) is 5.05. The molecule has 0 aromatic carbocycles. The van der Waals surface area contributed by atoms with Crippen molar-refractivity contribution in [3.63, 3.8) is 0 Å². The number of nitrogens with one attached hydrogen (secondary N) is 2. The molecule has 1 fully saturated rings. The van der Waals surface area contributed by atoms with Crippen molar-refractivity contribution in [2.45, 2.75) is 57.3 Å². The molecule has 1 aliphatic carbocycles. The average molecular weight is 396 g/mol. The molecule has 1 spiro atoms. The third kappa shape index (κ3) is 3.32. The van der Waals surface area contributed by atoms with Crippen molar-refractivity contribution in [2.24, 2.45) is 0 Å². The smallest absolute Gasteiger partial charge is 0.257 e. The first-order valence-electron chi connectivity index (χ1n) is 10.3. The van der Waals surface area contributed by atoms with Gasteiger partial charge in [-0.3, -0.25) is 9.59 Å². The molecule has 2 aromatic rings. The second kappa shape index (κ2) is 6.97. The van der Waals surface area contributed by atoms with E-state index in [0.29, 0.717) is 24.5 Å². The molecular weight excluding hydrogens is 366 g/mol. The van der Waals surface area contributed by atoms with Gasteiger partial charge < -0.3 is 15.2 Å². The number of rotatable bonds is 2. The summed E-state index contributed by atoms with van der Waals surface area (Å²) in [5.41, 5.74) is 2.10. The van der Waals surface area contributed by atoms with Gasteiger partial charge >= 0.3 is 0 Å². The molecule has 0 bridgehead atoms. The van der Waals surface area contributed by atoms with E-state index in [1.54, 1.807) is 19.3 Å². The first kappa shape index (κ1) is 19.6. The number of aromatic amines is 1. The zero-order valence-electron chi connectivity index (χ0n) is 17.6. The van der Waals surface area contributed by atoms with Crippen LogP contribution in [0.5, 0.6) is 0 Å². The molecule has 0 atom stereocenters. The predicted octanol–water partition coefficient (Wildman–Crippen LogP) is 2.62. The van der Waals surface area contributed by atoms with Crippen molar-refractivity contribution in [1.82, 2.24) is 19.9 Å². The zero-order chi connectivity index (χ0) is 20.8. The Hall–Kier alpha value is -2.70. The highest BCUT2D eigenvalue weighted by atomic mass is 16.2. The van der Waals surface area contributed by atoms with Gasteiger partial charge in [0, 0.05) is 42.7 Å². The Balaban J connectivity index is 1.59. The van der Waals surface area contributed by atoms with Gasteiger partial charge in [0.25, 0.3) is 11.5 Å². The Morgan fingerprint density at radius 1 is 1.24 bits per heavy atom. The van der Waals surface area contributed by atoms with Crippen molar-refractivity contribution in [1.29, 1.82) is 0 Å². The van der Waals surface area contributed by atoms with E-state index in [-0.39, 0.29) is 22.3 Å². The van der Waals surface area contributed by atoms with Gasteiger partial charge in [-0.1, -0.05) is 20.8 Å². The normalized spacial score (nSPS) is 18.0. The van der Waals surface area contributed by atoms with Crippen LogP contribution in [0.4, 0.5) is 5.82 Å². The van der Waals surface area contributed by atoms with Crippen LogP contribution in [0, 0.1) is 0 Å². The Kier molecular flexibility index (Phi) is 4.71. The largest absolute Gasteiger partial charge is 0.372 e. The molecule has 1 aliphatic heterocycles. The predicted molar refractivity (Wildman–Crippen MR) is 112 cm³/mol. The summed E-state index contributed by atoms with van der Waals surface area (Å²) in [7, 11) is 1.77. The summed E-state index contributed by atoms with van der Waals surface area (Å²) in [5.74, 6) is 1.35. The lowest BCUT2D eigenvalue weighted by Crippen LogP contribution is -2.45. The number of piperidine rings is 1. The molecule has 154 valence electrons. The standard InChI is InChI=1S/C22H29N5O2/c1-21(2,3)20-25-16-14(18(28)26-20)7-8-22(16)9-12-27(13-10-22)19(29)15-6-5-11-24-17(15)23-4/h5-6,11H,7-10,12-13H2,1-4H3,(H,23,24)(H,25,26,28). The number of aromatic nitrogens is 3. The van der Waals surface area contributed by atoms with Crippen LogP contribution in [0.1, 0.15) is 67.5 Å². The van der Waals surface area contributed by atoms with Crippen molar-refractivity contribution >= 4 is 11.7 Å². The van der Waals surface area contributed by atoms with E-state index in [4.69, 9.17) is 4.98 Å². The highest BCUT2D eigenvalue weighted by Crippen LogP contribution is 2.44. The van der Waals surface area contributed by atoms with Crippen LogP contribution in [-0.4, -0.2) is 45.9 Å². The molecular formula is C22H29N5O2. The number of pyridine rings is 1. The monoisotopic (exact) mass is 395 g/mol. The van der Waals surface area contributed by atoms with E-state index in [9.17, 15) is 9.59 Å². The quantitative estimate of drug-likeness (QED) is 0.816. The molecule has 2 aliphatic rings. The molecule has 2 N–H and O–H groups in total. The van der Waals surface area contributed by atoms with Crippen molar-refractivity contribution in [2.75, 3.05) is 25.5 Å². The van der Waals surface area contributed by atoms with Crippen molar-refractivity contribution in [3.05, 3.63) is 51.3 Å².